The van der Waals surface area contributed by atoms with Gasteiger partial charge in [0.25, 0.3) is 23.6 Å². The predicted octanol–water partition coefficient (Wildman–Crippen LogP) is 6.14. The zero-order valence-electron chi connectivity index (χ0n) is 42.5. The lowest BCUT2D eigenvalue weighted by Crippen LogP contribution is -2.49. The second kappa shape index (κ2) is 29.7. The third-order valence-corrected chi connectivity index (χ3v) is 13.1. The Labute approximate surface area is 443 Å². The molecule has 75 heavy (non-hydrogen) atoms. The minimum atomic E-state index is -1.32. The van der Waals surface area contributed by atoms with E-state index in [4.69, 9.17) is 4.74 Å². The molecule has 2 aromatic carbocycles. The van der Waals surface area contributed by atoms with Crippen molar-refractivity contribution in [1.82, 2.24) is 41.2 Å². The highest BCUT2D eigenvalue weighted by Gasteiger charge is 2.28. The van der Waals surface area contributed by atoms with Crippen LogP contribution in [0.1, 0.15) is 114 Å². The van der Waals surface area contributed by atoms with Crippen LogP contribution in [0.2, 0.25) is 0 Å². The van der Waals surface area contributed by atoms with Crippen LogP contribution in [0.15, 0.2) is 83.6 Å². The fourth-order valence-electron chi connectivity index (χ4n) is 7.61. The number of thiophene rings is 2. The zero-order valence-corrected chi connectivity index (χ0v) is 44.2. The minimum absolute atomic E-state index is 0.127. The van der Waals surface area contributed by atoms with Crippen molar-refractivity contribution in [3.63, 3.8) is 0 Å². The number of ether oxygens (including phenoxy) is 1. The summed E-state index contributed by atoms with van der Waals surface area (Å²) in [5, 5.41) is 49.2. The number of benzene rings is 2. The molecule has 398 valence electrons. The highest BCUT2D eigenvalue weighted by molar-refractivity contribution is 7.12. The van der Waals surface area contributed by atoms with E-state index in [1.54, 1.807) is 65.4 Å². The van der Waals surface area contributed by atoms with Gasteiger partial charge < -0.3 is 52.0 Å². The van der Waals surface area contributed by atoms with Crippen LogP contribution in [0, 0.1) is 0 Å². The molecule has 6 aromatic rings. The number of nitrogens with one attached hydrogen (secondary N) is 6. The Hall–Kier alpha value is -7.98. The van der Waals surface area contributed by atoms with Crippen LogP contribution >= 0.6 is 22.7 Å². The maximum absolute atomic E-state index is 13.3. The Bertz CT molecular complexity index is 2810. The number of amides is 4. The van der Waals surface area contributed by atoms with Gasteiger partial charge in [-0.3, -0.25) is 19.2 Å². The van der Waals surface area contributed by atoms with Crippen LogP contribution in [0.25, 0.3) is 0 Å². The molecule has 9 N–H and O–H groups in total. The molecule has 0 fully saturated rings. The van der Waals surface area contributed by atoms with Gasteiger partial charge in [0, 0.05) is 26.2 Å². The van der Waals surface area contributed by atoms with Crippen molar-refractivity contribution in [1.29, 1.82) is 0 Å². The van der Waals surface area contributed by atoms with Gasteiger partial charge in [0.2, 0.25) is 11.9 Å². The lowest BCUT2D eigenvalue weighted by molar-refractivity contribution is -0.142. The summed E-state index contributed by atoms with van der Waals surface area (Å²) in [6.07, 6.45) is 4.99. The molecule has 6 rings (SSSR count). The number of rotatable bonds is 26. The molecular weight excluding hydrogens is 1000 g/mol. The Morgan fingerprint density at radius 3 is 1.31 bits per heavy atom. The average molecular weight is 1070 g/mol. The van der Waals surface area contributed by atoms with Crippen molar-refractivity contribution in [3.8, 4) is 11.5 Å². The third kappa shape index (κ3) is 17.6. The maximum atomic E-state index is 13.3. The van der Waals surface area contributed by atoms with Crippen LogP contribution in [0.5, 0.6) is 11.5 Å². The molecule has 0 aliphatic rings. The summed E-state index contributed by atoms with van der Waals surface area (Å²) in [5.41, 5.74) is 4.75. The number of methoxy groups -OCH3 is 1. The molecular formula is C53H64N10O10S2. The topological polar surface area (TPSA) is 296 Å². The largest absolute Gasteiger partial charge is 0.508 e. The highest BCUT2D eigenvalue weighted by atomic mass is 32.1. The van der Waals surface area contributed by atoms with E-state index < -0.39 is 41.7 Å². The summed E-state index contributed by atoms with van der Waals surface area (Å²) in [6.45, 7) is 8.32. The number of carboxylic acids is 1. The molecule has 4 aromatic heterocycles. The smallest absolute Gasteiger partial charge is 0.330 e. The second-order valence-corrected chi connectivity index (χ2v) is 18.6. The van der Waals surface area contributed by atoms with E-state index in [2.05, 4.69) is 51.8 Å². The highest BCUT2D eigenvalue weighted by Crippen LogP contribution is 2.20. The van der Waals surface area contributed by atoms with Crippen LogP contribution in [-0.2, 0) is 52.9 Å². The van der Waals surface area contributed by atoms with Crippen molar-refractivity contribution in [3.05, 3.63) is 138 Å². The SMILES string of the molecule is CCc1nc(NCCCc2cccc(O)c2)nc(CC)c1C(=O)N[C@@H](CNC(=O)c1cccs1)C(=O)O.CCc1nc(NCCCc2cccc(O)c2)nc(CC)c1C(=O)N[C@@H](CNC(=O)c1cccs1)C(=O)OC. The predicted molar refractivity (Wildman–Crippen MR) is 287 cm³/mol. The number of aliphatic carboxylic acids is 1. The van der Waals surface area contributed by atoms with Gasteiger partial charge in [-0.15, -0.1) is 22.7 Å². The van der Waals surface area contributed by atoms with Crippen molar-refractivity contribution < 1.29 is 48.8 Å². The van der Waals surface area contributed by atoms with E-state index in [9.17, 15) is 44.1 Å². The van der Waals surface area contributed by atoms with Gasteiger partial charge in [0.05, 0.1) is 50.8 Å². The number of carbonyl (C=O) groups excluding carboxylic acids is 5. The van der Waals surface area contributed by atoms with Gasteiger partial charge in [-0.2, -0.15) is 0 Å². The molecule has 0 spiro atoms. The van der Waals surface area contributed by atoms with Crippen molar-refractivity contribution >= 4 is 70.1 Å². The van der Waals surface area contributed by atoms with Crippen LogP contribution < -0.4 is 31.9 Å². The molecule has 22 heteroatoms. The number of aromatic hydroxyl groups is 2. The third-order valence-electron chi connectivity index (χ3n) is 11.4. The van der Waals surface area contributed by atoms with E-state index in [1.165, 1.54) is 29.8 Å². The molecule has 0 aliphatic heterocycles. The van der Waals surface area contributed by atoms with E-state index in [0.29, 0.717) is 88.8 Å². The van der Waals surface area contributed by atoms with Crippen LogP contribution in [0.4, 0.5) is 11.9 Å². The summed E-state index contributed by atoms with van der Waals surface area (Å²) in [4.78, 5) is 94.2. The zero-order chi connectivity index (χ0) is 54.3. The molecule has 4 heterocycles. The molecule has 0 radical (unpaired) electrons. The summed E-state index contributed by atoms with van der Waals surface area (Å²) in [5.74, 6) is -2.47. The van der Waals surface area contributed by atoms with Crippen LogP contribution in [-0.4, -0.2) is 116 Å². The molecule has 20 nitrogen and oxygen atoms in total. The van der Waals surface area contributed by atoms with Crippen LogP contribution in [0.3, 0.4) is 0 Å². The molecule has 0 aliphatic carbocycles. The summed E-state index contributed by atoms with van der Waals surface area (Å²) < 4.78 is 4.84. The Morgan fingerprint density at radius 1 is 0.560 bits per heavy atom. The number of esters is 1. The Morgan fingerprint density at radius 2 is 0.960 bits per heavy atom. The first-order chi connectivity index (χ1) is 36.2. The number of phenolic OH excluding ortho intramolecular Hbond substituents is 2. The Kier molecular flexibility index (Phi) is 22.9. The van der Waals surface area contributed by atoms with Gasteiger partial charge in [0.15, 0.2) is 0 Å². The standard InChI is InChI=1S/C27H33N5O5S.C26H31N5O5S/c1-4-19-23(25(35)30-21(26(36)37-3)16-29-24(34)22-12-8-14-38-22)20(5-2)32-27(31-19)28-13-7-10-17-9-6-11-18(33)15-17;1-3-18-22(24(34)29-20(25(35)36)15-28-23(33)21-11-7-13-37-21)19(4-2)31-26(30-18)27-12-6-9-16-8-5-10-17(32)14-16/h6,8-9,11-12,14-15,21,33H,4-5,7,10,13,16H2,1-3H3,(H,29,34)(H,30,35)(H,28,31,32);5,7-8,10-11,13-14,20,32H,3-4,6,9,12,15H2,1-2H3,(H,28,33)(H,29,34)(H,35,36)(H,27,30,31)/t21-;20-/m00/s1. The maximum Gasteiger partial charge on any atom is 0.330 e. The first-order valence-corrected chi connectivity index (χ1v) is 26.3. The average Bonchev–Trinajstić information content (AvgIpc) is 4.17. The number of hydrogen-bond acceptors (Lipinski definition) is 17. The van der Waals surface area contributed by atoms with Crippen molar-refractivity contribution in [2.75, 3.05) is 43.9 Å². The quantitative estimate of drug-likeness (QED) is 0.0218. The fourth-order valence-corrected chi connectivity index (χ4v) is 8.89. The van der Waals surface area contributed by atoms with Gasteiger partial charge in [-0.25, -0.2) is 29.5 Å². The number of phenols is 2. The van der Waals surface area contributed by atoms with Gasteiger partial charge in [0.1, 0.15) is 23.6 Å². The van der Waals surface area contributed by atoms with Gasteiger partial charge >= 0.3 is 11.9 Å². The normalized spacial score (nSPS) is 11.5. The number of carbonyl (C=O) groups is 6. The van der Waals surface area contributed by atoms with Gasteiger partial charge in [-0.05, 0) is 110 Å². The number of nitrogens with zero attached hydrogens (tertiary/aromatic N) is 4. The minimum Gasteiger partial charge on any atom is -0.508 e. The van der Waals surface area contributed by atoms with Gasteiger partial charge in [-0.1, -0.05) is 64.1 Å². The molecule has 4 amide bonds. The number of carboxylic acid groups (broad SMARTS) is 1. The number of hydrogen-bond donors (Lipinski definition) is 9. The van der Waals surface area contributed by atoms with E-state index >= 15 is 0 Å². The molecule has 0 bridgehead atoms. The van der Waals surface area contributed by atoms with Crippen molar-refractivity contribution in [2.24, 2.45) is 0 Å². The molecule has 0 saturated heterocycles. The van der Waals surface area contributed by atoms with E-state index in [1.807, 2.05) is 45.9 Å². The summed E-state index contributed by atoms with van der Waals surface area (Å²) >= 11 is 2.52. The lowest BCUT2D eigenvalue weighted by atomic mass is 10.1. The first kappa shape index (κ1) is 57.9. The summed E-state index contributed by atoms with van der Waals surface area (Å²) in [7, 11) is 1.22. The summed E-state index contributed by atoms with van der Waals surface area (Å²) in [6, 6.07) is 18.7. The number of anilines is 2. The monoisotopic (exact) mass is 1060 g/mol. The molecule has 0 unspecified atom stereocenters. The first-order valence-electron chi connectivity index (χ1n) is 24.6. The van der Waals surface area contributed by atoms with E-state index in [0.717, 1.165) is 36.8 Å². The number of aryl methyl sites for hydroxylation is 6. The lowest BCUT2D eigenvalue weighted by Gasteiger charge is -2.19. The van der Waals surface area contributed by atoms with Crippen molar-refractivity contribution in [2.45, 2.75) is 91.1 Å². The fraction of sp³-hybridized carbons (Fsp3) is 0.358. The Balaban J connectivity index is 0.000000277. The second-order valence-electron chi connectivity index (χ2n) is 16.7. The molecule has 2 atom stereocenters. The number of aromatic nitrogens is 4. The van der Waals surface area contributed by atoms with E-state index in [-0.39, 0.29) is 36.1 Å². The molecule has 0 saturated carbocycles.